The maximum Gasteiger partial charge on any atom is 0.413 e. The van der Waals surface area contributed by atoms with Crippen LogP contribution in [0, 0.1) is 0 Å². The number of hydrogen-bond acceptors (Lipinski definition) is 4. The van der Waals surface area contributed by atoms with Crippen LogP contribution in [0.25, 0.3) is 0 Å². The van der Waals surface area contributed by atoms with Crippen LogP contribution in [-0.4, -0.2) is 33.6 Å². The van der Waals surface area contributed by atoms with Crippen LogP contribution in [0.4, 0.5) is 10.6 Å². The number of carbonyl (C=O) groups excluding carboxylic acids is 1. The quantitative estimate of drug-likeness (QED) is 0.748. The number of aromatic amines is 1. The fourth-order valence-electron chi connectivity index (χ4n) is 1.28. The SMILES string of the molecule is CC(C)(C)OC(=O)Nc1[nH]ncc1CCCO. The van der Waals surface area contributed by atoms with Crippen LogP contribution in [-0.2, 0) is 11.2 Å². The Labute approximate surface area is 100 Å². The number of H-pyrrole nitrogens is 1. The highest BCUT2D eigenvalue weighted by Gasteiger charge is 2.17. The first-order chi connectivity index (χ1) is 7.92. The molecule has 0 saturated carbocycles. The van der Waals surface area contributed by atoms with E-state index in [1.54, 1.807) is 27.0 Å². The molecule has 1 aromatic heterocycles. The van der Waals surface area contributed by atoms with Gasteiger partial charge in [-0.3, -0.25) is 10.4 Å². The largest absolute Gasteiger partial charge is 0.444 e. The lowest BCUT2D eigenvalue weighted by molar-refractivity contribution is 0.0635. The number of rotatable bonds is 4. The number of amides is 1. The minimum absolute atomic E-state index is 0.108. The zero-order valence-corrected chi connectivity index (χ0v) is 10.4. The molecule has 0 saturated heterocycles. The van der Waals surface area contributed by atoms with Gasteiger partial charge in [0.2, 0.25) is 0 Å². The summed E-state index contributed by atoms with van der Waals surface area (Å²) >= 11 is 0. The molecule has 6 nitrogen and oxygen atoms in total. The Morgan fingerprint density at radius 1 is 1.59 bits per heavy atom. The molecule has 0 aromatic carbocycles. The Morgan fingerprint density at radius 2 is 2.29 bits per heavy atom. The van der Waals surface area contributed by atoms with E-state index in [1.807, 2.05) is 0 Å². The number of hydrogen-bond donors (Lipinski definition) is 3. The van der Waals surface area contributed by atoms with E-state index in [0.717, 1.165) is 5.56 Å². The van der Waals surface area contributed by atoms with Crippen LogP contribution in [0.15, 0.2) is 6.20 Å². The molecule has 0 aliphatic heterocycles. The number of aryl methyl sites for hydroxylation is 1. The van der Waals surface area contributed by atoms with E-state index in [4.69, 9.17) is 9.84 Å². The Bertz CT molecular complexity index is 368. The maximum absolute atomic E-state index is 11.5. The number of aromatic nitrogens is 2. The fraction of sp³-hybridized carbons (Fsp3) is 0.636. The van der Waals surface area contributed by atoms with Gasteiger partial charge in [-0.15, -0.1) is 0 Å². The first-order valence-corrected chi connectivity index (χ1v) is 5.55. The van der Waals surface area contributed by atoms with Crippen molar-refractivity contribution in [2.45, 2.75) is 39.2 Å². The van der Waals surface area contributed by atoms with Gasteiger partial charge in [-0.2, -0.15) is 5.10 Å². The number of aliphatic hydroxyl groups is 1. The van der Waals surface area contributed by atoms with Gasteiger partial charge in [0.15, 0.2) is 0 Å². The van der Waals surface area contributed by atoms with E-state index in [9.17, 15) is 4.79 Å². The molecular formula is C11H19N3O3. The second kappa shape index (κ2) is 5.67. The van der Waals surface area contributed by atoms with E-state index >= 15 is 0 Å². The summed E-state index contributed by atoms with van der Waals surface area (Å²) in [4.78, 5) is 11.5. The first-order valence-electron chi connectivity index (χ1n) is 5.55. The molecule has 0 aliphatic carbocycles. The van der Waals surface area contributed by atoms with Crippen LogP contribution in [0.5, 0.6) is 0 Å². The molecule has 0 aliphatic rings. The van der Waals surface area contributed by atoms with Gasteiger partial charge in [-0.05, 0) is 33.6 Å². The molecule has 1 heterocycles. The molecule has 0 unspecified atom stereocenters. The van der Waals surface area contributed by atoms with Gasteiger partial charge in [-0.1, -0.05) is 0 Å². The Morgan fingerprint density at radius 3 is 2.88 bits per heavy atom. The predicted octanol–water partition coefficient (Wildman–Crippen LogP) is 1.68. The molecule has 1 aromatic rings. The van der Waals surface area contributed by atoms with Crippen molar-refractivity contribution in [3.63, 3.8) is 0 Å². The Kier molecular flexibility index (Phi) is 4.51. The Hall–Kier alpha value is -1.56. The van der Waals surface area contributed by atoms with Gasteiger partial charge in [0.1, 0.15) is 11.4 Å². The molecule has 1 rings (SSSR count). The molecule has 0 bridgehead atoms. The third-order valence-corrected chi connectivity index (χ3v) is 1.95. The van der Waals surface area contributed by atoms with Crippen molar-refractivity contribution >= 4 is 11.9 Å². The number of nitrogens with zero attached hydrogens (tertiary/aromatic N) is 1. The summed E-state index contributed by atoms with van der Waals surface area (Å²) in [6.07, 6.45) is 2.38. The standard InChI is InChI=1S/C11H19N3O3/c1-11(2,3)17-10(16)13-9-8(5-4-6-15)7-12-14-9/h7,15H,4-6H2,1-3H3,(H2,12,13,14,16). The molecule has 17 heavy (non-hydrogen) atoms. The van der Waals surface area contributed by atoms with Gasteiger partial charge in [0.25, 0.3) is 0 Å². The lowest BCUT2D eigenvalue weighted by Crippen LogP contribution is -2.27. The van der Waals surface area contributed by atoms with Crippen LogP contribution >= 0.6 is 0 Å². The van der Waals surface area contributed by atoms with E-state index in [2.05, 4.69) is 15.5 Å². The minimum atomic E-state index is -0.532. The average Bonchev–Trinajstić information content (AvgIpc) is 2.59. The highest BCUT2D eigenvalue weighted by Crippen LogP contribution is 2.15. The maximum atomic E-state index is 11.5. The van der Waals surface area contributed by atoms with Crippen molar-refractivity contribution in [1.29, 1.82) is 0 Å². The van der Waals surface area contributed by atoms with E-state index in [0.29, 0.717) is 18.7 Å². The molecule has 6 heteroatoms. The van der Waals surface area contributed by atoms with Crippen molar-refractivity contribution < 1.29 is 14.6 Å². The highest BCUT2D eigenvalue weighted by atomic mass is 16.6. The van der Waals surface area contributed by atoms with Gasteiger partial charge in [0, 0.05) is 12.2 Å². The number of carbonyl (C=O) groups is 1. The van der Waals surface area contributed by atoms with Crippen LogP contribution in [0.3, 0.4) is 0 Å². The van der Waals surface area contributed by atoms with Gasteiger partial charge >= 0.3 is 6.09 Å². The Balaban J connectivity index is 2.56. The van der Waals surface area contributed by atoms with Gasteiger partial charge in [-0.25, -0.2) is 4.79 Å². The fourth-order valence-corrected chi connectivity index (χ4v) is 1.28. The topological polar surface area (TPSA) is 87.2 Å². The molecule has 0 radical (unpaired) electrons. The van der Waals surface area contributed by atoms with E-state index < -0.39 is 11.7 Å². The lowest BCUT2D eigenvalue weighted by Gasteiger charge is -2.19. The predicted molar refractivity (Wildman–Crippen MR) is 63.9 cm³/mol. The second-order valence-electron chi connectivity index (χ2n) is 4.72. The summed E-state index contributed by atoms with van der Waals surface area (Å²) in [6.45, 7) is 5.50. The normalized spacial score (nSPS) is 11.3. The smallest absolute Gasteiger partial charge is 0.413 e. The van der Waals surface area contributed by atoms with Crippen molar-refractivity contribution in [2.75, 3.05) is 11.9 Å². The van der Waals surface area contributed by atoms with Crippen molar-refractivity contribution in [1.82, 2.24) is 10.2 Å². The molecule has 1 amide bonds. The summed E-state index contributed by atoms with van der Waals surface area (Å²) in [5.41, 5.74) is 0.319. The summed E-state index contributed by atoms with van der Waals surface area (Å²) in [5, 5.41) is 17.9. The number of ether oxygens (including phenoxy) is 1. The van der Waals surface area contributed by atoms with Crippen molar-refractivity contribution in [3.8, 4) is 0 Å². The molecule has 96 valence electrons. The molecule has 0 fully saturated rings. The van der Waals surface area contributed by atoms with E-state index in [-0.39, 0.29) is 6.61 Å². The summed E-state index contributed by atoms with van der Waals surface area (Å²) < 4.78 is 5.12. The third kappa shape index (κ3) is 4.86. The average molecular weight is 241 g/mol. The summed E-state index contributed by atoms with van der Waals surface area (Å²) in [5.74, 6) is 0.521. The third-order valence-electron chi connectivity index (χ3n) is 1.95. The number of anilines is 1. The number of nitrogens with one attached hydrogen (secondary N) is 2. The van der Waals surface area contributed by atoms with Crippen LogP contribution < -0.4 is 5.32 Å². The minimum Gasteiger partial charge on any atom is -0.444 e. The monoisotopic (exact) mass is 241 g/mol. The summed E-state index contributed by atoms with van der Waals surface area (Å²) in [7, 11) is 0. The van der Waals surface area contributed by atoms with Crippen LogP contribution in [0.1, 0.15) is 32.8 Å². The molecule has 0 atom stereocenters. The number of aliphatic hydroxyl groups excluding tert-OH is 1. The van der Waals surface area contributed by atoms with Crippen molar-refractivity contribution in [2.24, 2.45) is 0 Å². The highest BCUT2D eigenvalue weighted by molar-refractivity contribution is 5.84. The molecule has 0 spiro atoms. The van der Waals surface area contributed by atoms with Crippen LogP contribution in [0.2, 0.25) is 0 Å². The summed E-state index contributed by atoms with van der Waals surface area (Å²) in [6, 6.07) is 0. The van der Waals surface area contributed by atoms with E-state index in [1.165, 1.54) is 0 Å². The second-order valence-corrected chi connectivity index (χ2v) is 4.72. The lowest BCUT2D eigenvalue weighted by atomic mass is 10.2. The first kappa shape index (κ1) is 13.5. The molecule has 3 N–H and O–H groups in total. The van der Waals surface area contributed by atoms with Gasteiger partial charge < -0.3 is 9.84 Å². The van der Waals surface area contributed by atoms with Crippen molar-refractivity contribution in [3.05, 3.63) is 11.8 Å². The molecular weight excluding hydrogens is 222 g/mol. The zero-order valence-electron chi connectivity index (χ0n) is 10.4. The zero-order chi connectivity index (χ0) is 12.9. The van der Waals surface area contributed by atoms with Gasteiger partial charge in [0.05, 0.1) is 6.20 Å².